The highest BCUT2D eigenvalue weighted by Crippen LogP contribution is 2.35. The maximum atomic E-state index is 12.2. The number of benzene rings is 1. The lowest BCUT2D eigenvalue weighted by Gasteiger charge is -2.35. The summed E-state index contributed by atoms with van der Waals surface area (Å²) in [7, 11) is 0. The first kappa shape index (κ1) is 13.6. The number of carbonyl (C=O) groups excluding carboxylic acids is 2. The van der Waals surface area contributed by atoms with E-state index in [0.717, 1.165) is 4.90 Å². The Balaban J connectivity index is 2.48. The molecule has 0 N–H and O–H groups in total. The second kappa shape index (κ2) is 4.67. The van der Waals surface area contributed by atoms with E-state index in [-0.39, 0.29) is 41.3 Å². The monoisotopic (exact) mass is 276 g/mol. The summed E-state index contributed by atoms with van der Waals surface area (Å²) in [5, 5.41) is 9.46. The quantitative estimate of drug-likeness (QED) is 0.741. The van der Waals surface area contributed by atoms with Gasteiger partial charge in [-0.25, -0.2) is 4.90 Å². The van der Waals surface area contributed by atoms with Gasteiger partial charge in [-0.3, -0.25) is 9.59 Å². The lowest BCUT2D eigenvalue weighted by Crippen LogP contribution is -2.46. The van der Waals surface area contributed by atoms with Gasteiger partial charge in [0, 0.05) is 17.9 Å². The highest BCUT2D eigenvalue weighted by atomic mass is 35.5. The van der Waals surface area contributed by atoms with Crippen LogP contribution in [0, 0.1) is 16.7 Å². The van der Waals surface area contributed by atoms with E-state index in [1.54, 1.807) is 6.07 Å². The Hall–Kier alpha value is -1.86. The van der Waals surface area contributed by atoms with Gasteiger partial charge in [0.15, 0.2) is 0 Å². The van der Waals surface area contributed by atoms with Gasteiger partial charge < -0.3 is 0 Å². The fourth-order valence-corrected chi connectivity index (χ4v) is 2.40. The van der Waals surface area contributed by atoms with Gasteiger partial charge in [-0.15, -0.1) is 0 Å². The van der Waals surface area contributed by atoms with Crippen molar-refractivity contribution in [2.75, 3.05) is 4.90 Å². The number of amides is 2. The summed E-state index contributed by atoms with van der Waals surface area (Å²) in [4.78, 5) is 25.4. The summed E-state index contributed by atoms with van der Waals surface area (Å²) in [6, 6.07) is 6.53. The largest absolute Gasteiger partial charge is 0.274 e. The highest BCUT2D eigenvalue weighted by Gasteiger charge is 2.39. The number of carbonyl (C=O) groups is 2. The summed E-state index contributed by atoms with van der Waals surface area (Å²) in [6.45, 7) is 3.76. The highest BCUT2D eigenvalue weighted by molar-refractivity contribution is 6.31. The third-order valence-electron chi connectivity index (χ3n) is 3.08. The molecule has 1 aliphatic rings. The Labute approximate surface area is 116 Å². The summed E-state index contributed by atoms with van der Waals surface area (Å²) in [6.07, 6.45) is 0.548. The Morgan fingerprint density at radius 1 is 1.26 bits per heavy atom. The zero-order valence-corrected chi connectivity index (χ0v) is 11.5. The molecule has 0 radical (unpaired) electrons. The van der Waals surface area contributed by atoms with E-state index in [2.05, 4.69) is 0 Å². The molecule has 0 saturated carbocycles. The summed E-state index contributed by atoms with van der Waals surface area (Å²) >= 11 is 5.89. The fourth-order valence-electron chi connectivity index (χ4n) is 2.23. The van der Waals surface area contributed by atoms with Gasteiger partial charge in [-0.1, -0.05) is 25.4 Å². The zero-order chi connectivity index (χ0) is 14.2. The van der Waals surface area contributed by atoms with Crippen LogP contribution in [0.2, 0.25) is 5.02 Å². The average molecular weight is 277 g/mol. The minimum absolute atomic E-state index is 0.269. The molecule has 1 aromatic rings. The fraction of sp³-hybridized carbons (Fsp3) is 0.357. The molecule has 2 rings (SSSR count). The Morgan fingerprint density at radius 2 is 1.84 bits per heavy atom. The second-order valence-electron chi connectivity index (χ2n) is 5.41. The molecule has 0 spiro atoms. The minimum Gasteiger partial charge on any atom is -0.274 e. The van der Waals surface area contributed by atoms with E-state index in [0.29, 0.717) is 5.02 Å². The summed E-state index contributed by atoms with van der Waals surface area (Å²) < 4.78 is 0. The topological polar surface area (TPSA) is 61.2 Å². The van der Waals surface area contributed by atoms with Gasteiger partial charge in [-0.2, -0.15) is 5.26 Å². The van der Waals surface area contributed by atoms with Gasteiger partial charge in [-0.05, 0) is 23.6 Å². The molecule has 98 valence electrons. The van der Waals surface area contributed by atoms with Gasteiger partial charge in [0.2, 0.25) is 11.8 Å². The number of nitriles is 1. The smallest absolute Gasteiger partial charge is 0.234 e. The standard InChI is InChI=1S/C14H13ClN2O2/c1-14(2)6-12(18)17(13(19)7-14)11-5-10(15)4-3-9(11)8-16/h3-5H,6-7H2,1-2H3. The van der Waals surface area contributed by atoms with Gasteiger partial charge in [0.05, 0.1) is 11.3 Å². The van der Waals surface area contributed by atoms with Crippen LogP contribution in [0.5, 0.6) is 0 Å². The van der Waals surface area contributed by atoms with Crippen molar-refractivity contribution in [2.24, 2.45) is 5.41 Å². The third-order valence-corrected chi connectivity index (χ3v) is 3.31. The molecule has 1 fully saturated rings. The van der Waals surface area contributed by atoms with Gasteiger partial charge in [0.1, 0.15) is 6.07 Å². The van der Waals surface area contributed by atoms with Crippen LogP contribution in [0.15, 0.2) is 18.2 Å². The number of halogens is 1. The first-order chi connectivity index (χ1) is 8.84. The molecule has 1 heterocycles. The maximum Gasteiger partial charge on any atom is 0.234 e. The predicted molar refractivity (Wildman–Crippen MR) is 71.7 cm³/mol. The van der Waals surface area contributed by atoms with E-state index >= 15 is 0 Å². The third kappa shape index (κ3) is 2.61. The summed E-state index contributed by atoms with van der Waals surface area (Å²) in [5.41, 5.74) is 0.210. The van der Waals surface area contributed by atoms with Crippen molar-refractivity contribution in [1.82, 2.24) is 0 Å². The number of anilines is 1. The number of piperidine rings is 1. The van der Waals surface area contributed by atoms with E-state index in [1.165, 1.54) is 12.1 Å². The number of nitrogens with zero attached hydrogens (tertiary/aromatic N) is 2. The molecule has 0 aromatic heterocycles. The molecule has 1 saturated heterocycles. The summed E-state index contributed by atoms with van der Waals surface area (Å²) in [5.74, 6) is -0.583. The molecule has 0 bridgehead atoms. The van der Waals surface area contributed by atoms with Gasteiger partial charge >= 0.3 is 0 Å². The predicted octanol–water partition coefficient (Wildman–Crippen LogP) is 2.89. The Morgan fingerprint density at radius 3 is 2.37 bits per heavy atom. The average Bonchev–Trinajstić information content (AvgIpc) is 2.26. The lowest BCUT2D eigenvalue weighted by atomic mass is 9.81. The normalized spacial score (nSPS) is 18.3. The van der Waals surface area contributed by atoms with Crippen LogP contribution < -0.4 is 4.90 Å². The molecule has 0 aliphatic carbocycles. The maximum absolute atomic E-state index is 12.2. The van der Waals surface area contributed by atoms with Crippen LogP contribution in [0.1, 0.15) is 32.3 Å². The molecule has 5 heteroatoms. The molecule has 1 aromatic carbocycles. The zero-order valence-electron chi connectivity index (χ0n) is 10.7. The van der Waals surface area contributed by atoms with Crippen molar-refractivity contribution in [3.63, 3.8) is 0 Å². The molecular formula is C14H13ClN2O2. The Bertz CT molecular complexity index is 582. The van der Waals surface area contributed by atoms with Crippen LogP contribution in [0.3, 0.4) is 0 Å². The van der Waals surface area contributed by atoms with E-state index in [1.807, 2.05) is 19.9 Å². The lowest BCUT2D eigenvalue weighted by molar-refractivity contribution is -0.132. The SMILES string of the molecule is CC1(C)CC(=O)N(c2cc(Cl)ccc2C#N)C(=O)C1. The number of rotatable bonds is 1. The molecule has 19 heavy (non-hydrogen) atoms. The van der Waals surface area contributed by atoms with Crippen molar-refractivity contribution in [3.8, 4) is 6.07 Å². The number of hydrogen-bond acceptors (Lipinski definition) is 3. The van der Waals surface area contributed by atoms with Crippen molar-refractivity contribution >= 4 is 29.1 Å². The number of hydrogen-bond donors (Lipinski definition) is 0. The molecule has 4 nitrogen and oxygen atoms in total. The first-order valence-electron chi connectivity index (χ1n) is 5.89. The molecule has 0 atom stereocenters. The van der Waals surface area contributed by atoms with Crippen LogP contribution in [0.25, 0.3) is 0 Å². The van der Waals surface area contributed by atoms with Gasteiger partial charge in [0.25, 0.3) is 0 Å². The molecule has 2 amide bonds. The van der Waals surface area contributed by atoms with Crippen molar-refractivity contribution in [2.45, 2.75) is 26.7 Å². The van der Waals surface area contributed by atoms with Crippen molar-refractivity contribution in [3.05, 3.63) is 28.8 Å². The first-order valence-corrected chi connectivity index (χ1v) is 6.27. The van der Waals surface area contributed by atoms with Crippen molar-refractivity contribution < 1.29 is 9.59 Å². The minimum atomic E-state index is -0.337. The van der Waals surface area contributed by atoms with Crippen LogP contribution >= 0.6 is 11.6 Å². The second-order valence-corrected chi connectivity index (χ2v) is 5.85. The van der Waals surface area contributed by atoms with Crippen LogP contribution in [-0.4, -0.2) is 11.8 Å². The molecule has 0 unspecified atom stereocenters. The molecular weight excluding hydrogens is 264 g/mol. The van der Waals surface area contributed by atoms with Crippen LogP contribution in [-0.2, 0) is 9.59 Å². The van der Waals surface area contributed by atoms with E-state index in [9.17, 15) is 9.59 Å². The Kier molecular flexibility index (Phi) is 3.34. The van der Waals surface area contributed by atoms with Crippen molar-refractivity contribution in [1.29, 1.82) is 5.26 Å². The molecule has 1 aliphatic heterocycles. The van der Waals surface area contributed by atoms with Crippen LogP contribution in [0.4, 0.5) is 5.69 Å². The van der Waals surface area contributed by atoms with E-state index in [4.69, 9.17) is 16.9 Å². The van der Waals surface area contributed by atoms with E-state index < -0.39 is 0 Å². The number of imide groups is 1.